The number of nitrogens with one attached hydrogen (secondary N) is 1. The highest BCUT2D eigenvalue weighted by atomic mass is 32.2. The van der Waals surface area contributed by atoms with Crippen molar-refractivity contribution in [1.29, 1.82) is 5.26 Å². The fourth-order valence-corrected chi connectivity index (χ4v) is 3.27. The number of sulfonamides is 1. The molecule has 1 aromatic heterocycles. The Morgan fingerprint density at radius 3 is 2.46 bits per heavy atom. The molecule has 7 heteroatoms. The Morgan fingerprint density at radius 1 is 1.08 bits per heavy atom. The number of nitrogens with zero attached hydrogens (tertiary/aromatic N) is 2. The van der Waals surface area contributed by atoms with Gasteiger partial charge in [-0.25, -0.2) is 8.42 Å². The quantitative estimate of drug-likeness (QED) is 0.770. The van der Waals surface area contributed by atoms with Gasteiger partial charge in [-0.3, -0.25) is 4.72 Å². The average Bonchev–Trinajstić information content (AvgIpc) is 3.03. The second kappa shape index (κ2) is 6.56. The van der Waals surface area contributed by atoms with Crippen molar-refractivity contribution in [3.8, 4) is 17.4 Å². The van der Waals surface area contributed by atoms with E-state index in [4.69, 9.17) is 9.78 Å². The lowest BCUT2D eigenvalue weighted by Gasteiger charge is -2.04. The molecule has 1 N–H and O–H groups in total. The zero-order valence-corrected chi connectivity index (χ0v) is 13.3. The summed E-state index contributed by atoms with van der Waals surface area (Å²) in [6, 6.07) is 19.2. The highest BCUT2D eigenvalue weighted by molar-refractivity contribution is 7.91. The van der Waals surface area contributed by atoms with Crippen LogP contribution >= 0.6 is 0 Å². The molecule has 120 valence electrons. The summed E-state index contributed by atoms with van der Waals surface area (Å²) in [4.78, 5) is 0. The molecule has 2 aromatic carbocycles. The first-order chi connectivity index (χ1) is 11.6. The van der Waals surface area contributed by atoms with E-state index in [1.807, 2.05) is 36.4 Å². The van der Waals surface area contributed by atoms with E-state index in [-0.39, 0.29) is 11.6 Å². The Hall–Kier alpha value is -3.11. The summed E-state index contributed by atoms with van der Waals surface area (Å²) in [5, 5.41) is 12.5. The lowest BCUT2D eigenvalue weighted by Crippen LogP contribution is -2.15. The van der Waals surface area contributed by atoms with Gasteiger partial charge in [0.05, 0.1) is 17.4 Å². The number of benzene rings is 2. The summed E-state index contributed by atoms with van der Waals surface area (Å²) < 4.78 is 32.0. The molecular weight excluding hydrogens is 326 g/mol. The maximum atomic E-state index is 12.2. The first-order valence-electron chi connectivity index (χ1n) is 7.07. The molecule has 0 saturated carbocycles. The van der Waals surface area contributed by atoms with Crippen LogP contribution in [0.1, 0.15) is 11.1 Å². The van der Waals surface area contributed by atoms with Crippen molar-refractivity contribution in [3.63, 3.8) is 0 Å². The molecule has 3 aromatic rings. The standard InChI is InChI=1S/C17H13N3O3S/c18-11-13-6-8-14(9-7-13)12-24(21,22)20-17-10-16(23-19-17)15-4-2-1-3-5-15/h1-10H,12H2,(H,19,20). The van der Waals surface area contributed by atoms with Gasteiger partial charge in [0.25, 0.3) is 0 Å². The molecule has 0 aliphatic heterocycles. The van der Waals surface area contributed by atoms with E-state index in [1.54, 1.807) is 24.3 Å². The molecule has 0 saturated heterocycles. The predicted octanol–water partition coefficient (Wildman–Crippen LogP) is 3.16. The summed E-state index contributed by atoms with van der Waals surface area (Å²) in [5.41, 5.74) is 1.86. The molecule has 1 heterocycles. The summed E-state index contributed by atoms with van der Waals surface area (Å²) in [5.74, 6) is 0.390. The van der Waals surface area contributed by atoms with Crippen molar-refractivity contribution in [1.82, 2.24) is 5.16 Å². The van der Waals surface area contributed by atoms with Crippen LogP contribution in [0.5, 0.6) is 0 Å². The molecule has 6 nitrogen and oxygen atoms in total. The lowest BCUT2D eigenvalue weighted by atomic mass is 10.2. The van der Waals surface area contributed by atoms with E-state index >= 15 is 0 Å². The summed E-state index contributed by atoms with van der Waals surface area (Å²) in [6.45, 7) is 0. The van der Waals surface area contributed by atoms with Crippen molar-refractivity contribution in [2.45, 2.75) is 5.75 Å². The fraction of sp³-hybridized carbons (Fsp3) is 0.0588. The van der Waals surface area contributed by atoms with Crippen molar-refractivity contribution < 1.29 is 12.9 Å². The Bertz CT molecular complexity index is 972. The van der Waals surface area contributed by atoms with Gasteiger partial charge >= 0.3 is 0 Å². The highest BCUT2D eigenvalue weighted by Gasteiger charge is 2.15. The van der Waals surface area contributed by atoms with Crippen LogP contribution in [0, 0.1) is 11.3 Å². The minimum atomic E-state index is -3.63. The Labute approximate surface area is 139 Å². The van der Waals surface area contributed by atoms with Gasteiger partial charge in [0, 0.05) is 11.6 Å². The first-order valence-corrected chi connectivity index (χ1v) is 8.73. The van der Waals surface area contributed by atoms with Crippen molar-refractivity contribution in [2.75, 3.05) is 4.72 Å². The van der Waals surface area contributed by atoms with E-state index in [0.29, 0.717) is 16.9 Å². The Kier molecular flexibility index (Phi) is 4.31. The third-order valence-electron chi connectivity index (χ3n) is 3.27. The summed E-state index contributed by atoms with van der Waals surface area (Å²) >= 11 is 0. The van der Waals surface area contributed by atoms with Crippen LogP contribution in [0.25, 0.3) is 11.3 Å². The molecule has 0 amide bonds. The number of hydrogen-bond acceptors (Lipinski definition) is 5. The zero-order chi connectivity index (χ0) is 17.0. The smallest absolute Gasteiger partial charge is 0.238 e. The molecule has 0 radical (unpaired) electrons. The van der Waals surface area contributed by atoms with Crippen LogP contribution in [-0.4, -0.2) is 13.6 Å². The molecule has 0 atom stereocenters. The van der Waals surface area contributed by atoms with Gasteiger partial charge in [0.15, 0.2) is 11.6 Å². The zero-order valence-electron chi connectivity index (χ0n) is 12.5. The summed E-state index contributed by atoms with van der Waals surface area (Å²) in [7, 11) is -3.63. The molecule has 24 heavy (non-hydrogen) atoms. The average molecular weight is 339 g/mol. The third-order valence-corrected chi connectivity index (χ3v) is 4.50. The maximum absolute atomic E-state index is 12.2. The number of rotatable bonds is 5. The van der Waals surface area contributed by atoms with Gasteiger partial charge in [-0.05, 0) is 17.7 Å². The third kappa shape index (κ3) is 3.80. The molecule has 0 bridgehead atoms. The van der Waals surface area contributed by atoms with Crippen molar-refractivity contribution in [3.05, 3.63) is 71.8 Å². The normalized spacial score (nSPS) is 11.0. The molecular formula is C17H13N3O3S. The van der Waals surface area contributed by atoms with Crippen molar-refractivity contribution >= 4 is 15.8 Å². The van der Waals surface area contributed by atoms with Crippen molar-refractivity contribution in [2.24, 2.45) is 0 Å². The number of hydrogen-bond donors (Lipinski definition) is 1. The Morgan fingerprint density at radius 2 is 1.79 bits per heavy atom. The minimum absolute atomic E-state index is 0.127. The van der Waals surface area contributed by atoms with E-state index < -0.39 is 10.0 Å². The van der Waals surface area contributed by atoms with Crippen LogP contribution < -0.4 is 4.72 Å². The largest absolute Gasteiger partial charge is 0.354 e. The number of nitriles is 1. The summed E-state index contributed by atoms with van der Waals surface area (Å²) in [6.07, 6.45) is 0. The van der Waals surface area contributed by atoms with Gasteiger partial charge in [0.1, 0.15) is 0 Å². The van der Waals surface area contributed by atoms with Gasteiger partial charge in [-0.1, -0.05) is 47.6 Å². The molecule has 3 rings (SSSR count). The Balaban J connectivity index is 1.72. The molecule has 0 aliphatic rings. The first kappa shape index (κ1) is 15.8. The molecule has 0 spiro atoms. The number of aromatic nitrogens is 1. The van der Waals surface area contributed by atoms with Crippen LogP contribution in [-0.2, 0) is 15.8 Å². The van der Waals surface area contributed by atoms with E-state index in [0.717, 1.165) is 5.56 Å². The highest BCUT2D eigenvalue weighted by Crippen LogP contribution is 2.23. The molecule has 0 fully saturated rings. The number of anilines is 1. The van der Waals surface area contributed by atoms with E-state index in [9.17, 15) is 8.42 Å². The second-order valence-corrected chi connectivity index (χ2v) is 6.83. The fourth-order valence-electron chi connectivity index (χ4n) is 2.15. The van der Waals surface area contributed by atoms with Gasteiger partial charge < -0.3 is 4.52 Å². The molecule has 0 aliphatic carbocycles. The van der Waals surface area contributed by atoms with E-state index in [1.165, 1.54) is 6.07 Å². The predicted molar refractivity (Wildman–Crippen MR) is 89.3 cm³/mol. The van der Waals surface area contributed by atoms with Crippen LogP contribution in [0.4, 0.5) is 5.82 Å². The molecule has 0 unspecified atom stereocenters. The monoisotopic (exact) mass is 339 g/mol. The van der Waals surface area contributed by atoms with Crippen LogP contribution in [0.3, 0.4) is 0 Å². The van der Waals surface area contributed by atoms with Gasteiger partial charge in [-0.2, -0.15) is 5.26 Å². The second-order valence-electron chi connectivity index (χ2n) is 5.11. The SMILES string of the molecule is N#Cc1ccc(CS(=O)(=O)Nc2cc(-c3ccccc3)on2)cc1. The minimum Gasteiger partial charge on any atom is -0.354 e. The topological polar surface area (TPSA) is 96.0 Å². The van der Waals surface area contributed by atoms with Crippen LogP contribution in [0.2, 0.25) is 0 Å². The van der Waals surface area contributed by atoms with Crippen LogP contribution in [0.15, 0.2) is 65.2 Å². The van der Waals surface area contributed by atoms with Gasteiger partial charge in [-0.15, -0.1) is 0 Å². The van der Waals surface area contributed by atoms with Gasteiger partial charge in [0.2, 0.25) is 10.0 Å². The lowest BCUT2D eigenvalue weighted by molar-refractivity contribution is 0.435. The maximum Gasteiger partial charge on any atom is 0.238 e. The van der Waals surface area contributed by atoms with E-state index in [2.05, 4.69) is 9.88 Å².